The molecule has 0 fully saturated rings. The minimum absolute atomic E-state index is 0.545. The molecule has 0 bridgehead atoms. The fraction of sp³-hybridized carbons (Fsp3) is 0.300. The Morgan fingerprint density at radius 3 is 3.00 bits per heavy atom. The van der Waals surface area contributed by atoms with Gasteiger partial charge in [0, 0.05) is 6.42 Å². The van der Waals surface area contributed by atoms with E-state index in [1.165, 1.54) is 0 Å². The van der Waals surface area contributed by atoms with Crippen molar-refractivity contribution in [1.82, 2.24) is 9.38 Å². The number of imidazole rings is 1. The van der Waals surface area contributed by atoms with Gasteiger partial charge in [-0.2, -0.15) is 0 Å². The van der Waals surface area contributed by atoms with Gasteiger partial charge in [-0.1, -0.05) is 17.7 Å². The van der Waals surface area contributed by atoms with Crippen LogP contribution in [0, 0.1) is 0 Å². The molecule has 0 aromatic carbocycles. The van der Waals surface area contributed by atoms with Gasteiger partial charge >= 0.3 is 0 Å². The Bertz CT molecular complexity index is 481. The normalized spacial score (nSPS) is 11.1. The number of pyridine rings is 1. The lowest BCUT2D eigenvalue weighted by molar-refractivity contribution is 0.774. The molecule has 0 saturated carbocycles. The van der Waals surface area contributed by atoms with Crippen LogP contribution in [-0.4, -0.2) is 15.9 Å². The number of nitrogens with zero attached hydrogens (tertiary/aromatic N) is 2. The zero-order valence-corrected chi connectivity index (χ0v) is 10.4. The van der Waals surface area contributed by atoms with Gasteiger partial charge < -0.3 is 5.73 Å². The average molecular weight is 289 g/mol. The van der Waals surface area contributed by atoms with Gasteiger partial charge in [-0.3, -0.25) is 4.40 Å². The Balaban J connectivity index is 2.54. The van der Waals surface area contributed by atoms with Gasteiger partial charge in [-0.05, 0) is 41.0 Å². The van der Waals surface area contributed by atoms with Gasteiger partial charge in [0.25, 0.3) is 0 Å². The third-order valence-electron chi connectivity index (χ3n) is 2.24. The Hall–Kier alpha value is -0.580. The Morgan fingerprint density at radius 1 is 1.47 bits per heavy atom. The van der Waals surface area contributed by atoms with E-state index in [1.807, 2.05) is 22.6 Å². The number of fused-ring (bicyclic) bond motifs is 1. The molecule has 0 saturated heterocycles. The summed E-state index contributed by atoms with van der Waals surface area (Å²) in [6, 6.07) is 5.86. The van der Waals surface area contributed by atoms with Gasteiger partial charge in [0.05, 0.1) is 10.1 Å². The first kappa shape index (κ1) is 10.9. The van der Waals surface area contributed by atoms with Crippen molar-refractivity contribution >= 4 is 33.0 Å². The van der Waals surface area contributed by atoms with Gasteiger partial charge in [0.15, 0.2) is 5.15 Å². The number of aryl methyl sites for hydroxylation is 1. The van der Waals surface area contributed by atoms with Crippen molar-refractivity contribution in [3.63, 3.8) is 0 Å². The summed E-state index contributed by atoms with van der Waals surface area (Å²) in [5.74, 6) is 0.952. The van der Waals surface area contributed by atoms with Crippen LogP contribution >= 0.6 is 27.5 Å². The summed E-state index contributed by atoms with van der Waals surface area (Å²) in [5.41, 5.74) is 6.41. The minimum Gasteiger partial charge on any atom is -0.330 e. The van der Waals surface area contributed by atoms with E-state index in [9.17, 15) is 0 Å². The maximum atomic E-state index is 6.04. The topological polar surface area (TPSA) is 43.3 Å². The zero-order chi connectivity index (χ0) is 10.8. The number of aromatic nitrogens is 2. The molecule has 80 valence electrons. The molecule has 0 radical (unpaired) electrons. The molecule has 0 unspecified atom stereocenters. The number of nitrogens with two attached hydrogens (primary N) is 1. The van der Waals surface area contributed by atoms with Crippen LogP contribution in [0.15, 0.2) is 22.8 Å². The molecule has 2 heterocycles. The van der Waals surface area contributed by atoms with Crippen LogP contribution in [0.4, 0.5) is 0 Å². The van der Waals surface area contributed by atoms with Crippen molar-refractivity contribution < 1.29 is 0 Å². The van der Waals surface area contributed by atoms with Crippen molar-refractivity contribution in [3.05, 3.63) is 33.8 Å². The molecule has 5 heteroatoms. The van der Waals surface area contributed by atoms with Crippen molar-refractivity contribution in [2.24, 2.45) is 5.73 Å². The average Bonchev–Trinajstić information content (AvgIpc) is 2.55. The standard InChI is InChI=1S/C10H11BrClN3/c11-8-4-1-3-7-10(12)14-9(15(7)8)5-2-6-13/h1,3-4H,2,5-6,13H2. The molecular weight excluding hydrogens is 277 g/mol. The molecule has 0 aliphatic heterocycles. The number of hydrogen-bond donors (Lipinski definition) is 1. The van der Waals surface area contributed by atoms with Crippen LogP contribution in [0.2, 0.25) is 5.15 Å². The van der Waals surface area contributed by atoms with Crippen molar-refractivity contribution in [2.45, 2.75) is 12.8 Å². The maximum absolute atomic E-state index is 6.04. The molecule has 0 aliphatic rings. The summed E-state index contributed by atoms with van der Waals surface area (Å²) in [4.78, 5) is 4.33. The Kier molecular flexibility index (Phi) is 3.29. The predicted octanol–water partition coefficient (Wildman–Crippen LogP) is 2.64. The smallest absolute Gasteiger partial charge is 0.155 e. The van der Waals surface area contributed by atoms with E-state index in [2.05, 4.69) is 20.9 Å². The predicted molar refractivity (Wildman–Crippen MR) is 65.3 cm³/mol. The van der Waals surface area contributed by atoms with Crippen LogP contribution in [0.1, 0.15) is 12.2 Å². The van der Waals surface area contributed by atoms with Gasteiger partial charge in [0.2, 0.25) is 0 Å². The van der Waals surface area contributed by atoms with Crippen LogP contribution in [0.5, 0.6) is 0 Å². The van der Waals surface area contributed by atoms with Crippen LogP contribution in [0.25, 0.3) is 5.52 Å². The van der Waals surface area contributed by atoms with Crippen LogP contribution < -0.4 is 5.73 Å². The van der Waals surface area contributed by atoms with Crippen molar-refractivity contribution in [1.29, 1.82) is 0 Å². The van der Waals surface area contributed by atoms with E-state index in [0.717, 1.165) is 28.8 Å². The lowest BCUT2D eigenvalue weighted by Crippen LogP contribution is -2.03. The summed E-state index contributed by atoms with van der Waals surface area (Å²) >= 11 is 9.53. The highest BCUT2D eigenvalue weighted by molar-refractivity contribution is 9.10. The molecule has 2 N–H and O–H groups in total. The molecule has 2 aromatic heterocycles. The third kappa shape index (κ3) is 2.02. The monoisotopic (exact) mass is 287 g/mol. The fourth-order valence-corrected chi connectivity index (χ4v) is 2.35. The number of hydrogen-bond acceptors (Lipinski definition) is 2. The summed E-state index contributed by atoms with van der Waals surface area (Å²) < 4.78 is 2.98. The molecule has 3 nitrogen and oxygen atoms in total. The highest BCUT2D eigenvalue weighted by atomic mass is 79.9. The SMILES string of the molecule is NCCCc1nc(Cl)c2cccc(Br)n12. The second-order valence-corrected chi connectivity index (χ2v) is 4.45. The molecule has 15 heavy (non-hydrogen) atoms. The van der Waals surface area contributed by atoms with E-state index in [0.29, 0.717) is 11.7 Å². The molecule has 0 aliphatic carbocycles. The van der Waals surface area contributed by atoms with Crippen LogP contribution in [-0.2, 0) is 6.42 Å². The van der Waals surface area contributed by atoms with Crippen LogP contribution in [0.3, 0.4) is 0 Å². The first-order valence-corrected chi connectivity index (χ1v) is 5.92. The van der Waals surface area contributed by atoms with E-state index in [-0.39, 0.29) is 0 Å². The van der Waals surface area contributed by atoms with Gasteiger partial charge in [-0.15, -0.1) is 0 Å². The molecular formula is C10H11BrClN3. The highest BCUT2D eigenvalue weighted by Crippen LogP contribution is 2.23. The van der Waals surface area contributed by atoms with E-state index < -0.39 is 0 Å². The Morgan fingerprint density at radius 2 is 2.27 bits per heavy atom. The summed E-state index contributed by atoms with van der Waals surface area (Å²) in [7, 11) is 0. The number of halogens is 2. The summed E-state index contributed by atoms with van der Waals surface area (Å²) in [6.45, 7) is 0.664. The summed E-state index contributed by atoms with van der Waals surface area (Å²) in [6.07, 6.45) is 1.75. The molecule has 2 aromatic rings. The molecule has 2 rings (SSSR count). The zero-order valence-electron chi connectivity index (χ0n) is 8.08. The second kappa shape index (κ2) is 4.51. The molecule has 0 spiro atoms. The van der Waals surface area contributed by atoms with Gasteiger partial charge in [0.1, 0.15) is 5.82 Å². The van der Waals surface area contributed by atoms with E-state index >= 15 is 0 Å². The largest absolute Gasteiger partial charge is 0.330 e. The maximum Gasteiger partial charge on any atom is 0.155 e. The third-order valence-corrected chi connectivity index (χ3v) is 3.14. The first-order valence-electron chi connectivity index (χ1n) is 4.75. The summed E-state index contributed by atoms with van der Waals surface area (Å²) in [5, 5.41) is 0.545. The fourth-order valence-electron chi connectivity index (χ4n) is 1.55. The quantitative estimate of drug-likeness (QED) is 0.882. The van der Waals surface area contributed by atoms with Gasteiger partial charge in [-0.25, -0.2) is 4.98 Å². The second-order valence-electron chi connectivity index (χ2n) is 3.28. The minimum atomic E-state index is 0.545. The lowest BCUT2D eigenvalue weighted by atomic mass is 10.3. The molecule has 0 amide bonds. The number of rotatable bonds is 3. The van der Waals surface area contributed by atoms with E-state index in [1.54, 1.807) is 0 Å². The molecule has 0 atom stereocenters. The first-order chi connectivity index (χ1) is 7.24. The highest BCUT2D eigenvalue weighted by Gasteiger charge is 2.10. The van der Waals surface area contributed by atoms with Crippen molar-refractivity contribution in [2.75, 3.05) is 6.54 Å². The van der Waals surface area contributed by atoms with Crippen molar-refractivity contribution in [3.8, 4) is 0 Å². The van der Waals surface area contributed by atoms with E-state index in [4.69, 9.17) is 17.3 Å². The lowest BCUT2D eigenvalue weighted by Gasteiger charge is -2.02. The Labute approximate surface area is 101 Å².